The van der Waals surface area contributed by atoms with Crippen molar-refractivity contribution in [3.8, 4) is 5.69 Å². The van der Waals surface area contributed by atoms with Crippen LogP contribution in [-0.4, -0.2) is 52.7 Å². The van der Waals surface area contributed by atoms with Crippen molar-refractivity contribution in [1.29, 1.82) is 0 Å². The van der Waals surface area contributed by atoms with Gasteiger partial charge in [-0.3, -0.25) is 9.36 Å². The Balaban J connectivity index is 1.51. The number of rotatable bonds is 6. The van der Waals surface area contributed by atoms with Crippen LogP contribution in [-0.2, 0) is 9.53 Å². The van der Waals surface area contributed by atoms with Gasteiger partial charge in [-0.05, 0) is 49.2 Å². The van der Waals surface area contributed by atoms with Crippen LogP contribution < -0.4 is 10.2 Å². The van der Waals surface area contributed by atoms with Gasteiger partial charge >= 0.3 is 0 Å². The molecule has 1 aliphatic rings. The summed E-state index contributed by atoms with van der Waals surface area (Å²) in [5.41, 5.74) is 4.14. The van der Waals surface area contributed by atoms with Gasteiger partial charge in [0.2, 0.25) is 11.9 Å². The number of nitrogens with one attached hydrogen (secondary N) is 1. The van der Waals surface area contributed by atoms with Crippen LogP contribution in [0.2, 0.25) is 0 Å². The van der Waals surface area contributed by atoms with Crippen molar-refractivity contribution in [2.24, 2.45) is 0 Å². The quantitative estimate of drug-likeness (QED) is 0.613. The van der Waals surface area contributed by atoms with Gasteiger partial charge in [0.1, 0.15) is 0 Å². The van der Waals surface area contributed by atoms with E-state index in [1.54, 1.807) is 0 Å². The molecule has 1 fully saturated rings. The summed E-state index contributed by atoms with van der Waals surface area (Å²) in [6, 6.07) is 15.9. The first kappa shape index (κ1) is 20.4. The van der Waals surface area contributed by atoms with Gasteiger partial charge in [0.25, 0.3) is 0 Å². The Morgan fingerprint density at radius 3 is 2.57 bits per heavy atom. The van der Waals surface area contributed by atoms with Crippen molar-refractivity contribution in [1.82, 2.24) is 14.8 Å². The Bertz CT molecular complexity index is 1020. The van der Waals surface area contributed by atoms with Crippen molar-refractivity contribution in [3.05, 3.63) is 59.7 Å². The van der Waals surface area contributed by atoms with E-state index in [1.807, 2.05) is 60.0 Å². The summed E-state index contributed by atoms with van der Waals surface area (Å²) in [4.78, 5) is 14.7. The molecular weight excluding hydrogens is 398 g/mol. The molecule has 0 atom stereocenters. The van der Waals surface area contributed by atoms with E-state index in [0.717, 1.165) is 36.0 Å². The van der Waals surface area contributed by atoms with Crippen LogP contribution >= 0.6 is 11.8 Å². The summed E-state index contributed by atoms with van der Waals surface area (Å²) >= 11 is 1.38. The fourth-order valence-corrected chi connectivity index (χ4v) is 4.02. The van der Waals surface area contributed by atoms with Crippen LogP contribution in [0, 0.1) is 13.8 Å². The second kappa shape index (κ2) is 9.32. The van der Waals surface area contributed by atoms with E-state index in [2.05, 4.69) is 27.3 Å². The van der Waals surface area contributed by atoms with Crippen LogP contribution in [0.25, 0.3) is 5.69 Å². The maximum absolute atomic E-state index is 12.5. The minimum atomic E-state index is -0.0706. The van der Waals surface area contributed by atoms with Gasteiger partial charge in [0.15, 0.2) is 5.16 Å². The lowest BCUT2D eigenvalue weighted by Crippen LogP contribution is -2.37. The molecule has 7 nitrogen and oxygen atoms in total. The maximum atomic E-state index is 12.5. The Morgan fingerprint density at radius 1 is 1.07 bits per heavy atom. The molecule has 1 aromatic heterocycles. The SMILES string of the molecule is Cc1ccc(NC(=O)CSc2nnc(N3CCOCC3)n2-c2ccccc2)cc1C. The molecule has 156 valence electrons. The molecule has 0 unspecified atom stereocenters. The molecule has 2 heterocycles. The van der Waals surface area contributed by atoms with E-state index in [9.17, 15) is 4.79 Å². The number of thioether (sulfide) groups is 1. The zero-order valence-electron chi connectivity index (χ0n) is 17.2. The second-order valence-electron chi connectivity index (χ2n) is 7.19. The van der Waals surface area contributed by atoms with Gasteiger partial charge in [0.05, 0.1) is 24.7 Å². The first-order valence-corrected chi connectivity index (χ1v) is 10.9. The van der Waals surface area contributed by atoms with Gasteiger partial charge in [-0.25, -0.2) is 0 Å². The van der Waals surface area contributed by atoms with Crippen LogP contribution in [0.3, 0.4) is 0 Å². The average Bonchev–Trinajstić information content (AvgIpc) is 3.20. The fraction of sp³-hybridized carbons (Fsp3) is 0.318. The molecule has 30 heavy (non-hydrogen) atoms. The van der Waals surface area contributed by atoms with Crippen LogP contribution in [0.5, 0.6) is 0 Å². The fourth-order valence-electron chi connectivity index (χ4n) is 3.27. The molecule has 0 bridgehead atoms. The molecule has 2 aromatic carbocycles. The van der Waals surface area contributed by atoms with Crippen LogP contribution in [0.15, 0.2) is 53.7 Å². The molecule has 0 saturated carbocycles. The van der Waals surface area contributed by atoms with E-state index >= 15 is 0 Å². The predicted molar refractivity (Wildman–Crippen MR) is 120 cm³/mol. The molecule has 0 aliphatic carbocycles. The molecule has 8 heteroatoms. The number of ether oxygens (including phenoxy) is 1. The highest BCUT2D eigenvalue weighted by Gasteiger charge is 2.22. The molecule has 0 spiro atoms. The third kappa shape index (κ3) is 4.66. The number of hydrogen-bond donors (Lipinski definition) is 1. The molecule has 4 rings (SSSR count). The number of anilines is 2. The normalized spacial score (nSPS) is 14.0. The molecule has 1 N–H and O–H groups in total. The number of benzene rings is 2. The highest BCUT2D eigenvalue weighted by atomic mass is 32.2. The number of aromatic nitrogens is 3. The van der Waals surface area contributed by atoms with Crippen LogP contribution in [0.4, 0.5) is 11.6 Å². The summed E-state index contributed by atoms with van der Waals surface area (Å²) in [5, 5.41) is 12.5. The smallest absolute Gasteiger partial charge is 0.234 e. The Hall–Kier alpha value is -2.84. The van der Waals surface area contributed by atoms with Gasteiger partial charge in [-0.15, -0.1) is 10.2 Å². The molecule has 1 amide bonds. The number of morpholine rings is 1. The van der Waals surface area contributed by atoms with Crippen molar-refractivity contribution in [2.75, 3.05) is 42.3 Å². The highest BCUT2D eigenvalue weighted by molar-refractivity contribution is 7.99. The number of hydrogen-bond acceptors (Lipinski definition) is 6. The number of aryl methyl sites for hydroxylation is 2. The topological polar surface area (TPSA) is 72.3 Å². The predicted octanol–water partition coefficient (Wildman–Crippen LogP) is 3.45. The lowest BCUT2D eigenvalue weighted by Gasteiger charge is -2.27. The molecular formula is C22H25N5O2S. The first-order valence-electron chi connectivity index (χ1n) is 9.95. The highest BCUT2D eigenvalue weighted by Crippen LogP contribution is 2.27. The van der Waals surface area contributed by atoms with E-state index < -0.39 is 0 Å². The summed E-state index contributed by atoms with van der Waals surface area (Å²) in [6.45, 7) is 6.96. The van der Waals surface area contributed by atoms with Crippen molar-refractivity contribution >= 4 is 29.3 Å². The summed E-state index contributed by atoms with van der Waals surface area (Å²) in [6.07, 6.45) is 0. The van der Waals surface area contributed by atoms with E-state index in [1.165, 1.54) is 17.3 Å². The Morgan fingerprint density at radius 2 is 1.83 bits per heavy atom. The lowest BCUT2D eigenvalue weighted by molar-refractivity contribution is -0.113. The van der Waals surface area contributed by atoms with Crippen molar-refractivity contribution in [2.45, 2.75) is 19.0 Å². The lowest BCUT2D eigenvalue weighted by atomic mass is 10.1. The third-order valence-electron chi connectivity index (χ3n) is 5.05. The molecule has 3 aromatic rings. The maximum Gasteiger partial charge on any atom is 0.234 e. The van der Waals surface area contributed by atoms with Crippen molar-refractivity contribution in [3.63, 3.8) is 0 Å². The Kier molecular flexibility index (Phi) is 6.35. The minimum absolute atomic E-state index is 0.0706. The second-order valence-corrected chi connectivity index (χ2v) is 8.13. The molecule has 1 aliphatic heterocycles. The average molecular weight is 424 g/mol. The third-order valence-corrected chi connectivity index (χ3v) is 5.98. The Labute approximate surface area is 180 Å². The first-order chi connectivity index (χ1) is 14.6. The van der Waals surface area contributed by atoms with E-state index in [-0.39, 0.29) is 11.7 Å². The van der Waals surface area contributed by atoms with Gasteiger partial charge in [-0.1, -0.05) is 36.0 Å². The number of carbonyl (C=O) groups is 1. The molecule has 0 radical (unpaired) electrons. The zero-order valence-corrected chi connectivity index (χ0v) is 18.0. The van der Waals surface area contributed by atoms with E-state index in [4.69, 9.17) is 4.74 Å². The number of amides is 1. The summed E-state index contributed by atoms with van der Waals surface area (Å²) < 4.78 is 7.48. The molecule has 1 saturated heterocycles. The minimum Gasteiger partial charge on any atom is -0.378 e. The summed E-state index contributed by atoms with van der Waals surface area (Å²) in [7, 11) is 0. The number of nitrogens with zero attached hydrogens (tertiary/aromatic N) is 4. The monoisotopic (exact) mass is 423 g/mol. The number of carbonyl (C=O) groups excluding carboxylic acids is 1. The summed E-state index contributed by atoms with van der Waals surface area (Å²) in [5.74, 6) is 0.960. The van der Waals surface area contributed by atoms with Crippen LogP contribution in [0.1, 0.15) is 11.1 Å². The van der Waals surface area contributed by atoms with Gasteiger partial charge in [-0.2, -0.15) is 0 Å². The largest absolute Gasteiger partial charge is 0.378 e. The van der Waals surface area contributed by atoms with Gasteiger partial charge < -0.3 is 15.0 Å². The van der Waals surface area contributed by atoms with Gasteiger partial charge in [0, 0.05) is 18.8 Å². The zero-order chi connectivity index (χ0) is 20.9. The van der Waals surface area contributed by atoms with E-state index in [0.29, 0.717) is 18.4 Å². The standard InChI is InChI=1S/C22H25N5O2S/c1-16-8-9-18(14-17(16)2)23-20(28)15-30-22-25-24-21(26-10-12-29-13-11-26)27(22)19-6-4-3-5-7-19/h3-9,14H,10-13,15H2,1-2H3,(H,23,28). The van der Waals surface area contributed by atoms with Crippen molar-refractivity contribution < 1.29 is 9.53 Å². The number of para-hydroxylation sites is 1.